The molecule has 0 radical (unpaired) electrons. The molecule has 0 bridgehead atoms. The van der Waals surface area contributed by atoms with Crippen molar-refractivity contribution in [2.24, 2.45) is 0 Å². The maximum Gasteiger partial charge on any atom is 0.325 e. The normalized spacial score (nSPS) is 21.5. The second-order valence-electron chi connectivity index (χ2n) is 5.13. The topological polar surface area (TPSA) is 78.5 Å². The molecule has 2 heterocycles. The van der Waals surface area contributed by atoms with Crippen molar-refractivity contribution in [1.82, 2.24) is 15.5 Å². The molecule has 1 saturated heterocycles. The molecular weight excluding hydrogens is 290 g/mol. The van der Waals surface area contributed by atoms with Crippen LogP contribution in [0, 0.1) is 0 Å². The predicted molar refractivity (Wildman–Crippen MR) is 79.8 cm³/mol. The Morgan fingerprint density at radius 1 is 1.48 bits per heavy atom. The quantitative estimate of drug-likeness (QED) is 0.616. The molecule has 1 aliphatic rings. The van der Waals surface area contributed by atoms with Crippen LogP contribution in [0.2, 0.25) is 0 Å². The van der Waals surface area contributed by atoms with Gasteiger partial charge in [0.25, 0.3) is 5.91 Å². The lowest BCUT2D eigenvalue weighted by molar-refractivity contribution is -0.134. The molecule has 0 spiro atoms. The van der Waals surface area contributed by atoms with Gasteiger partial charge in [0.2, 0.25) is 5.91 Å². The highest BCUT2D eigenvalue weighted by Crippen LogP contribution is 2.31. The van der Waals surface area contributed by atoms with E-state index in [-0.39, 0.29) is 18.4 Å². The summed E-state index contributed by atoms with van der Waals surface area (Å²) in [6.45, 7) is 4.00. The van der Waals surface area contributed by atoms with E-state index in [9.17, 15) is 14.4 Å². The molecule has 114 valence electrons. The van der Waals surface area contributed by atoms with E-state index in [0.717, 1.165) is 22.6 Å². The zero-order valence-corrected chi connectivity index (χ0v) is 13.0. The van der Waals surface area contributed by atoms with Gasteiger partial charge < -0.3 is 10.6 Å². The molecule has 6 nitrogen and oxygen atoms in total. The average molecular weight is 309 g/mol. The fraction of sp³-hybridized carbons (Fsp3) is 0.500. The van der Waals surface area contributed by atoms with Crippen molar-refractivity contribution in [2.45, 2.75) is 32.2 Å². The van der Waals surface area contributed by atoms with E-state index in [1.807, 2.05) is 18.4 Å². The Kier molecular flexibility index (Phi) is 4.62. The smallest absolute Gasteiger partial charge is 0.325 e. The molecule has 0 saturated carbocycles. The highest BCUT2D eigenvalue weighted by molar-refractivity contribution is 7.10. The number of nitrogens with zero attached hydrogens (tertiary/aromatic N) is 1. The first kappa shape index (κ1) is 15.5. The Balaban J connectivity index is 2.04. The SMILES string of the molecule is CCCCNC(=O)CN1C(=O)N[C@@](C)(c2cccs2)C1=O. The molecule has 0 unspecified atom stereocenters. The molecule has 0 aliphatic carbocycles. The van der Waals surface area contributed by atoms with E-state index in [1.165, 1.54) is 11.3 Å². The molecule has 21 heavy (non-hydrogen) atoms. The van der Waals surface area contributed by atoms with E-state index in [4.69, 9.17) is 0 Å². The summed E-state index contributed by atoms with van der Waals surface area (Å²) in [6.07, 6.45) is 1.85. The van der Waals surface area contributed by atoms with Crippen LogP contribution in [-0.2, 0) is 15.1 Å². The number of unbranched alkanes of at least 4 members (excludes halogenated alkanes) is 1. The number of nitrogens with one attached hydrogen (secondary N) is 2. The Morgan fingerprint density at radius 2 is 2.24 bits per heavy atom. The van der Waals surface area contributed by atoms with Gasteiger partial charge in [0.1, 0.15) is 6.54 Å². The first-order chi connectivity index (χ1) is 9.99. The minimum absolute atomic E-state index is 0.241. The summed E-state index contributed by atoms with van der Waals surface area (Å²) in [5, 5.41) is 7.22. The van der Waals surface area contributed by atoms with Gasteiger partial charge in [-0.05, 0) is 24.8 Å². The second-order valence-corrected chi connectivity index (χ2v) is 6.07. The molecule has 0 aromatic carbocycles. The first-order valence-electron chi connectivity index (χ1n) is 6.94. The number of urea groups is 1. The summed E-state index contributed by atoms with van der Waals surface area (Å²) in [6, 6.07) is 3.10. The van der Waals surface area contributed by atoms with Gasteiger partial charge >= 0.3 is 6.03 Å². The Labute approximate surface area is 127 Å². The third-order valence-corrected chi connectivity index (χ3v) is 4.53. The number of amides is 4. The predicted octanol–water partition coefficient (Wildman–Crippen LogP) is 1.43. The monoisotopic (exact) mass is 309 g/mol. The molecule has 7 heteroatoms. The molecule has 1 aromatic heterocycles. The van der Waals surface area contributed by atoms with Gasteiger partial charge in [-0.25, -0.2) is 4.79 Å². The minimum Gasteiger partial charge on any atom is -0.355 e. The van der Waals surface area contributed by atoms with Crippen LogP contribution in [0.3, 0.4) is 0 Å². The number of hydrogen-bond donors (Lipinski definition) is 2. The molecule has 1 aliphatic heterocycles. The van der Waals surface area contributed by atoms with Crippen LogP contribution in [0.5, 0.6) is 0 Å². The highest BCUT2D eigenvalue weighted by Gasteiger charge is 2.50. The summed E-state index contributed by atoms with van der Waals surface area (Å²) in [5.74, 6) is -0.706. The van der Waals surface area contributed by atoms with Crippen molar-refractivity contribution in [3.05, 3.63) is 22.4 Å². The molecule has 1 aromatic rings. The number of carbonyl (C=O) groups is 3. The maximum atomic E-state index is 12.5. The molecule has 2 N–H and O–H groups in total. The van der Waals surface area contributed by atoms with Gasteiger partial charge in [0.15, 0.2) is 5.54 Å². The van der Waals surface area contributed by atoms with Gasteiger partial charge in [-0.1, -0.05) is 19.4 Å². The Bertz CT molecular complexity index is 544. The van der Waals surface area contributed by atoms with Crippen LogP contribution in [0.4, 0.5) is 4.79 Å². The van der Waals surface area contributed by atoms with Crippen molar-refractivity contribution < 1.29 is 14.4 Å². The fourth-order valence-corrected chi connectivity index (χ4v) is 3.01. The minimum atomic E-state index is -1.07. The first-order valence-corrected chi connectivity index (χ1v) is 7.81. The molecule has 1 atom stereocenters. The van der Waals surface area contributed by atoms with Gasteiger partial charge in [-0.3, -0.25) is 14.5 Å². The second kappa shape index (κ2) is 6.26. The Hall–Kier alpha value is -1.89. The van der Waals surface area contributed by atoms with E-state index < -0.39 is 11.6 Å². The number of carbonyl (C=O) groups excluding carboxylic acids is 3. The van der Waals surface area contributed by atoms with Crippen LogP contribution in [0.1, 0.15) is 31.6 Å². The van der Waals surface area contributed by atoms with Crippen molar-refractivity contribution in [3.8, 4) is 0 Å². The van der Waals surface area contributed by atoms with Gasteiger partial charge in [0, 0.05) is 11.4 Å². The lowest BCUT2D eigenvalue weighted by Crippen LogP contribution is -2.43. The largest absolute Gasteiger partial charge is 0.355 e. The third kappa shape index (κ3) is 3.07. The van der Waals surface area contributed by atoms with E-state index in [2.05, 4.69) is 10.6 Å². The summed E-state index contributed by atoms with van der Waals surface area (Å²) >= 11 is 1.40. The average Bonchev–Trinajstić information content (AvgIpc) is 3.04. The summed E-state index contributed by atoms with van der Waals surface area (Å²) in [5.41, 5.74) is -1.07. The summed E-state index contributed by atoms with van der Waals surface area (Å²) in [7, 11) is 0. The van der Waals surface area contributed by atoms with Crippen LogP contribution >= 0.6 is 11.3 Å². The number of hydrogen-bond acceptors (Lipinski definition) is 4. The maximum absolute atomic E-state index is 12.5. The van der Waals surface area contributed by atoms with Crippen molar-refractivity contribution in [1.29, 1.82) is 0 Å². The molecule has 2 rings (SSSR count). The fourth-order valence-electron chi connectivity index (χ4n) is 2.17. The lowest BCUT2D eigenvalue weighted by Gasteiger charge is -2.19. The molecule has 1 fully saturated rings. The van der Waals surface area contributed by atoms with Crippen molar-refractivity contribution >= 4 is 29.2 Å². The van der Waals surface area contributed by atoms with Crippen LogP contribution < -0.4 is 10.6 Å². The van der Waals surface area contributed by atoms with Crippen LogP contribution in [0.15, 0.2) is 17.5 Å². The number of imide groups is 1. The van der Waals surface area contributed by atoms with Gasteiger partial charge in [-0.15, -0.1) is 11.3 Å². The van der Waals surface area contributed by atoms with Crippen molar-refractivity contribution in [2.75, 3.05) is 13.1 Å². The number of rotatable bonds is 6. The highest BCUT2D eigenvalue weighted by atomic mass is 32.1. The van der Waals surface area contributed by atoms with E-state index in [0.29, 0.717) is 6.54 Å². The number of thiophene rings is 1. The Morgan fingerprint density at radius 3 is 2.86 bits per heavy atom. The standard InChI is InChI=1S/C14H19N3O3S/c1-3-4-7-15-11(18)9-17-12(19)14(2,16-13(17)20)10-6-5-8-21-10/h5-6,8H,3-4,7,9H2,1-2H3,(H,15,18)(H,16,20)/t14-/m0/s1. The third-order valence-electron chi connectivity index (χ3n) is 3.44. The zero-order chi connectivity index (χ0) is 15.5. The van der Waals surface area contributed by atoms with Crippen LogP contribution in [0.25, 0.3) is 0 Å². The van der Waals surface area contributed by atoms with Gasteiger partial charge in [-0.2, -0.15) is 0 Å². The summed E-state index contributed by atoms with van der Waals surface area (Å²) in [4.78, 5) is 38.0. The van der Waals surface area contributed by atoms with E-state index >= 15 is 0 Å². The van der Waals surface area contributed by atoms with E-state index in [1.54, 1.807) is 13.0 Å². The molecule has 4 amide bonds. The van der Waals surface area contributed by atoms with Gasteiger partial charge in [0.05, 0.1) is 0 Å². The summed E-state index contributed by atoms with van der Waals surface area (Å²) < 4.78 is 0. The lowest BCUT2D eigenvalue weighted by atomic mass is 10.0. The van der Waals surface area contributed by atoms with Crippen LogP contribution in [-0.4, -0.2) is 35.8 Å². The molecular formula is C14H19N3O3S. The zero-order valence-electron chi connectivity index (χ0n) is 12.1. The van der Waals surface area contributed by atoms with Crippen molar-refractivity contribution in [3.63, 3.8) is 0 Å².